The first kappa shape index (κ1) is 41.2. The highest BCUT2D eigenvalue weighted by Gasteiger charge is 2.29. The van der Waals surface area contributed by atoms with Gasteiger partial charge in [-0.15, -0.1) is 0 Å². The van der Waals surface area contributed by atoms with Crippen LogP contribution < -0.4 is 4.90 Å². The lowest BCUT2D eigenvalue weighted by atomic mass is 9.90. The van der Waals surface area contributed by atoms with Gasteiger partial charge in [0.1, 0.15) is 5.58 Å². The molecular formula is C54H43NO8. The number of fused-ring (bicyclic) bond motifs is 2. The fourth-order valence-corrected chi connectivity index (χ4v) is 7.97. The second-order valence-electron chi connectivity index (χ2n) is 14.7. The zero-order valence-electron chi connectivity index (χ0n) is 34.4. The van der Waals surface area contributed by atoms with E-state index in [-0.39, 0.29) is 11.1 Å². The molecule has 1 heterocycles. The highest BCUT2D eigenvalue weighted by atomic mass is 16.4. The van der Waals surface area contributed by atoms with Crippen molar-refractivity contribution in [2.45, 2.75) is 13.8 Å². The van der Waals surface area contributed by atoms with E-state index in [9.17, 15) is 35.7 Å². The van der Waals surface area contributed by atoms with Crippen molar-refractivity contribution in [2.24, 2.45) is 0 Å². The molecule has 7 N–H and O–H groups in total. The average molecular weight is 834 g/mol. The zero-order valence-corrected chi connectivity index (χ0v) is 34.4. The van der Waals surface area contributed by atoms with Crippen LogP contribution in [-0.4, -0.2) is 35.7 Å². The molecule has 9 nitrogen and oxygen atoms in total. The fraction of sp³-hybridized carbons (Fsp3) is 0.0370. The molecule has 0 saturated heterocycles. The Balaban J connectivity index is 1.29. The number of nitrogens with zero attached hydrogens (tertiary/aromatic N) is 1. The molecule has 0 amide bonds. The molecular weight excluding hydrogens is 791 g/mol. The van der Waals surface area contributed by atoms with Gasteiger partial charge in [-0.3, -0.25) is 0 Å². The number of rotatable bonds is 11. The maximum Gasteiger partial charge on any atom is 0.205 e. The fourth-order valence-electron chi connectivity index (χ4n) is 7.97. The van der Waals surface area contributed by atoms with E-state index < -0.39 is 51.0 Å². The van der Waals surface area contributed by atoms with Crippen LogP contribution in [0.2, 0.25) is 0 Å². The largest absolute Gasteiger partial charge is 0.504 e. The molecule has 1 aromatic heterocycles. The number of phenolic OH excluding ortho intramolecular Hbond substituents is 7. The topological polar surface area (TPSA) is 158 Å². The standard InChI is InChI=1S/C54H43NO8/c1-4-7-9-17-37-31-63-43-19-12-18-42(44(37)43)55(39-27-22-35(23-28-39)45-46-47(50(58)52(60)48(45)56)51(59)54(62)53(61)49(46)57)38-25-20-32(21-26-38)36-24-29-40(33(13-5-2)14-6-3)41(30-36)34-15-10-8-11-16-34/h4-31,56-62H,2H2,1,3H3/b7-4-,14-6-,17-9-,33-13+. The van der Waals surface area contributed by atoms with Crippen LogP contribution in [0.15, 0.2) is 175 Å². The smallest absolute Gasteiger partial charge is 0.205 e. The first-order valence-corrected chi connectivity index (χ1v) is 20.1. The lowest BCUT2D eigenvalue weighted by Gasteiger charge is -2.27. The summed E-state index contributed by atoms with van der Waals surface area (Å²) in [5.41, 5.74) is 10.1. The molecule has 0 fully saturated rings. The molecule has 0 radical (unpaired) electrons. The van der Waals surface area contributed by atoms with Gasteiger partial charge in [-0.05, 0) is 95.3 Å². The predicted octanol–water partition coefficient (Wildman–Crippen LogP) is 13.7. The highest BCUT2D eigenvalue weighted by molar-refractivity contribution is 6.13. The molecule has 7 aromatic carbocycles. The minimum atomic E-state index is -1.11. The number of benzene rings is 7. The maximum absolute atomic E-state index is 11.2. The Bertz CT molecular complexity index is 3150. The number of hydrogen-bond donors (Lipinski definition) is 7. The van der Waals surface area contributed by atoms with Crippen molar-refractivity contribution in [2.75, 3.05) is 4.90 Å². The van der Waals surface area contributed by atoms with E-state index in [0.717, 1.165) is 55.7 Å². The molecule has 63 heavy (non-hydrogen) atoms. The maximum atomic E-state index is 11.2. The van der Waals surface area contributed by atoms with E-state index >= 15 is 0 Å². The Morgan fingerprint density at radius 2 is 1.17 bits per heavy atom. The van der Waals surface area contributed by atoms with Crippen molar-refractivity contribution in [1.29, 1.82) is 0 Å². The Hall–Kier alpha value is -8.56. The third kappa shape index (κ3) is 7.38. The number of aromatic hydroxyl groups is 7. The SMILES string of the molecule is C=C/C=C(\C=C/C)c1ccc(-c2ccc(N(c3ccc(-c4c(O)c(O)c(O)c5c(O)c(O)c(O)c(O)c45)cc3)c3cccc4occ(/C=C\C=C/C)c34)cc2)cc1-c1ccccc1. The summed E-state index contributed by atoms with van der Waals surface area (Å²) in [5.74, 6) is -6.91. The van der Waals surface area contributed by atoms with Crippen LogP contribution >= 0.6 is 0 Å². The van der Waals surface area contributed by atoms with Crippen molar-refractivity contribution in [1.82, 2.24) is 0 Å². The summed E-state index contributed by atoms with van der Waals surface area (Å²) < 4.78 is 6.04. The van der Waals surface area contributed by atoms with Crippen LogP contribution in [0.5, 0.6) is 40.2 Å². The molecule has 0 bridgehead atoms. The van der Waals surface area contributed by atoms with Crippen molar-refractivity contribution in [3.8, 4) is 73.6 Å². The van der Waals surface area contributed by atoms with Crippen LogP contribution in [0, 0.1) is 0 Å². The third-order valence-electron chi connectivity index (χ3n) is 10.9. The molecule has 0 aliphatic rings. The summed E-state index contributed by atoms with van der Waals surface area (Å²) in [6.45, 7) is 7.87. The van der Waals surface area contributed by atoms with E-state index in [1.165, 1.54) is 0 Å². The second-order valence-corrected chi connectivity index (χ2v) is 14.7. The Morgan fingerprint density at radius 1 is 0.556 bits per heavy atom. The third-order valence-corrected chi connectivity index (χ3v) is 10.9. The molecule has 0 aliphatic heterocycles. The van der Waals surface area contributed by atoms with Gasteiger partial charge in [0, 0.05) is 27.9 Å². The van der Waals surface area contributed by atoms with Gasteiger partial charge in [0.15, 0.2) is 23.0 Å². The van der Waals surface area contributed by atoms with Crippen LogP contribution in [-0.2, 0) is 0 Å². The van der Waals surface area contributed by atoms with Gasteiger partial charge in [-0.2, -0.15) is 0 Å². The van der Waals surface area contributed by atoms with E-state index in [0.29, 0.717) is 11.3 Å². The predicted molar refractivity (Wildman–Crippen MR) is 253 cm³/mol. The summed E-state index contributed by atoms with van der Waals surface area (Å²) in [4.78, 5) is 2.06. The van der Waals surface area contributed by atoms with Gasteiger partial charge in [0.05, 0.1) is 22.7 Å². The molecule has 8 rings (SSSR count). The molecule has 0 spiro atoms. The molecule has 0 aliphatic carbocycles. The van der Waals surface area contributed by atoms with Crippen molar-refractivity contribution in [3.63, 3.8) is 0 Å². The van der Waals surface area contributed by atoms with Crippen LogP contribution in [0.3, 0.4) is 0 Å². The first-order chi connectivity index (χ1) is 30.6. The molecule has 312 valence electrons. The number of furan rings is 1. The molecule has 0 saturated carbocycles. The van der Waals surface area contributed by atoms with E-state index in [2.05, 4.69) is 60.0 Å². The minimum absolute atomic E-state index is 0.210. The second kappa shape index (κ2) is 17.2. The summed E-state index contributed by atoms with van der Waals surface area (Å²) in [6, 6.07) is 37.5. The van der Waals surface area contributed by atoms with Gasteiger partial charge >= 0.3 is 0 Å². The summed E-state index contributed by atoms with van der Waals surface area (Å²) in [7, 11) is 0. The first-order valence-electron chi connectivity index (χ1n) is 20.1. The van der Waals surface area contributed by atoms with Gasteiger partial charge in [-0.25, -0.2) is 0 Å². The van der Waals surface area contributed by atoms with Gasteiger partial charge in [0.2, 0.25) is 17.2 Å². The zero-order chi connectivity index (χ0) is 44.4. The summed E-state index contributed by atoms with van der Waals surface area (Å²) >= 11 is 0. The highest BCUT2D eigenvalue weighted by Crippen LogP contribution is 2.59. The van der Waals surface area contributed by atoms with Gasteiger partial charge in [-0.1, -0.05) is 128 Å². The summed E-state index contributed by atoms with van der Waals surface area (Å²) in [6.07, 6.45) is 17.4. The Labute approximate surface area is 363 Å². The Kier molecular flexibility index (Phi) is 11.2. The van der Waals surface area contributed by atoms with Gasteiger partial charge < -0.3 is 45.1 Å². The van der Waals surface area contributed by atoms with E-state index in [4.69, 9.17) is 4.42 Å². The molecule has 0 atom stereocenters. The van der Waals surface area contributed by atoms with Crippen molar-refractivity contribution >= 4 is 50.5 Å². The van der Waals surface area contributed by atoms with Crippen molar-refractivity contribution < 1.29 is 40.2 Å². The average Bonchev–Trinajstić information content (AvgIpc) is 3.73. The molecule has 9 heteroatoms. The van der Waals surface area contributed by atoms with E-state index in [1.807, 2.05) is 98.8 Å². The normalized spacial score (nSPS) is 12.1. The number of phenols is 7. The quantitative estimate of drug-likeness (QED) is 0.0383. The van der Waals surface area contributed by atoms with Crippen molar-refractivity contribution in [3.05, 3.63) is 182 Å². The van der Waals surface area contributed by atoms with Crippen LogP contribution in [0.4, 0.5) is 17.1 Å². The lowest BCUT2D eigenvalue weighted by molar-refractivity contribution is 0.347. The number of allylic oxidation sites excluding steroid dienone is 8. The lowest BCUT2D eigenvalue weighted by Crippen LogP contribution is -2.10. The van der Waals surface area contributed by atoms with Crippen LogP contribution in [0.1, 0.15) is 25.0 Å². The van der Waals surface area contributed by atoms with E-state index in [1.54, 1.807) is 36.6 Å². The minimum Gasteiger partial charge on any atom is -0.504 e. The monoisotopic (exact) mass is 833 g/mol. The Morgan fingerprint density at radius 3 is 1.81 bits per heavy atom. The molecule has 0 unspecified atom stereocenters. The number of hydrogen-bond acceptors (Lipinski definition) is 9. The van der Waals surface area contributed by atoms with Gasteiger partial charge in [0.25, 0.3) is 0 Å². The summed E-state index contributed by atoms with van der Waals surface area (Å²) in [5, 5.41) is 74.8. The van der Waals surface area contributed by atoms with Crippen LogP contribution in [0.25, 0.3) is 66.8 Å². The molecule has 8 aromatic rings. The number of anilines is 3.